The fourth-order valence-corrected chi connectivity index (χ4v) is 2.79. The van der Waals surface area contributed by atoms with E-state index in [9.17, 15) is 0 Å². The zero-order valence-electron chi connectivity index (χ0n) is 13.5. The molecule has 0 radical (unpaired) electrons. The summed E-state index contributed by atoms with van der Waals surface area (Å²) in [6.45, 7) is 7.39. The van der Waals surface area contributed by atoms with Gasteiger partial charge in [0, 0.05) is 13.0 Å². The van der Waals surface area contributed by atoms with Gasteiger partial charge in [-0.25, -0.2) is 4.98 Å². The molecule has 22 heavy (non-hydrogen) atoms. The van der Waals surface area contributed by atoms with Gasteiger partial charge in [-0.05, 0) is 30.5 Å². The Morgan fingerprint density at radius 3 is 2.50 bits per heavy atom. The molecular formula is C19H23N3. The van der Waals surface area contributed by atoms with Gasteiger partial charge in [-0.1, -0.05) is 49.7 Å². The van der Waals surface area contributed by atoms with Crippen LogP contribution in [0.2, 0.25) is 0 Å². The second-order valence-corrected chi connectivity index (χ2v) is 6.41. The van der Waals surface area contributed by atoms with Crippen LogP contribution in [0.5, 0.6) is 0 Å². The van der Waals surface area contributed by atoms with Gasteiger partial charge in [0.15, 0.2) is 0 Å². The number of para-hydroxylation sites is 1. The van der Waals surface area contributed by atoms with E-state index in [-0.39, 0.29) is 0 Å². The number of hydrogen-bond acceptors (Lipinski definition) is 2. The fourth-order valence-electron chi connectivity index (χ4n) is 2.79. The molecule has 1 heterocycles. The predicted octanol–water partition coefficient (Wildman–Crippen LogP) is 4.17. The number of imidazole rings is 1. The third-order valence-electron chi connectivity index (χ3n) is 3.94. The van der Waals surface area contributed by atoms with Crippen LogP contribution in [0.25, 0.3) is 11.0 Å². The van der Waals surface area contributed by atoms with E-state index in [4.69, 9.17) is 10.7 Å². The Kier molecular flexibility index (Phi) is 3.88. The molecule has 114 valence electrons. The van der Waals surface area contributed by atoms with Gasteiger partial charge in [-0.3, -0.25) is 0 Å². The molecular weight excluding hydrogens is 270 g/mol. The molecule has 0 bridgehead atoms. The molecule has 2 N–H and O–H groups in total. The lowest BCUT2D eigenvalue weighted by Crippen LogP contribution is -2.08. The SMILES string of the molecule is Cc1ccc(Cn2c(CC(C)C)nc3c(N)cccc32)cc1. The van der Waals surface area contributed by atoms with E-state index < -0.39 is 0 Å². The normalized spacial score (nSPS) is 11.5. The van der Waals surface area contributed by atoms with Crippen molar-refractivity contribution in [1.29, 1.82) is 0 Å². The van der Waals surface area contributed by atoms with Gasteiger partial charge in [-0.2, -0.15) is 0 Å². The van der Waals surface area contributed by atoms with E-state index in [1.54, 1.807) is 0 Å². The van der Waals surface area contributed by atoms with E-state index in [0.29, 0.717) is 5.92 Å². The fraction of sp³-hybridized carbons (Fsp3) is 0.316. The first-order chi connectivity index (χ1) is 10.5. The van der Waals surface area contributed by atoms with Crippen molar-refractivity contribution in [1.82, 2.24) is 9.55 Å². The van der Waals surface area contributed by atoms with Crippen LogP contribution in [0.3, 0.4) is 0 Å². The van der Waals surface area contributed by atoms with Crippen molar-refractivity contribution in [3.63, 3.8) is 0 Å². The maximum atomic E-state index is 6.11. The van der Waals surface area contributed by atoms with E-state index >= 15 is 0 Å². The van der Waals surface area contributed by atoms with Crippen molar-refractivity contribution in [3.8, 4) is 0 Å². The van der Waals surface area contributed by atoms with E-state index in [2.05, 4.69) is 55.7 Å². The standard InChI is InChI=1S/C19H23N3/c1-13(2)11-18-21-19-16(20)5-4-6-17(19)22(18)12-15-9-7-14(3)8-10-15/h4-10,13H,11-12,20H2,1-3H3. The highest BCUT2D eigenvalue weighted by atomic mass is 15.1. The Labute approximate surface area is 131 Å². The topological polar surface area (TPSA) is 43.8 Å². The zero-order chi connectivity index (χ0) is 15.7. The number of rotatable bonds is 4. The van der Waals surface area contributed by atoms with E-state index in [0.717, 1.165) is 35.5 Å². The van der Waals surface area contributed by atoms with Crippen LogP contribution < -0.4 is 5.73 Å². The molecule has 0 spiro atoms. The molecule has 0 saturated carbocycles. The summed E-state index contributed by atoms with van der Waals surface area (Å²) in [6, 6.07) is 14.7. The molecule has 2 aromatic carbocycles. The number of nitrogens with zero attached hydrogens (tertiary/aromatic N) is 2. The monoisotopic (exact) mass is 293 g/mol. The number of nitrogen functional groups attached to an aromatic ring is 1. The van der Waals surface area contributed by atoms with E-state index in [1.165, 1.54) is 11.1 Å². The van der Waals surface area contributed by atoms with Gasteiger partial charge in [-0.15, -0.1) is 0 Å². The van der Waals surface area contributed by atoms with Crippen molar-refractivity contribution >= 4 is 16.7 Å². The van der Waals surface area contributed by atoms with Crippen LogP contribution in [-0.2, 0) is 13.0 Å². The minimum Gasteiger partial charge on any atom is -0.397 e. The molecule has 3 nitrogen and oxygen atoms in total. The molecule has 0 aliphatic rings. The molecule has 1 aromatic heterocycles. The Morgan fingerprint density at radius 2 is 1.82 bits per heavy atom. The quantitative estimate of drug-likeness (QED) is 0.734. The molecule has 3 heteroatoms. The summed E-state index contributed by atoms with van der Waals surface area (Å²) < 4.78 is 2.30. The lowest BCUT2D eigenvalue weighted by molar-refractivity contribution is 0.595. The number of anilines is 1. The highest BCUT2D eigenvalue weighted by Crippen LogP contribution is 2.24. The average molecular weight is 293 g/mol. The maximum absolute atomic E-state index is 6.11. The highest BCUT2D eigenvalue weighted by molar-refractivity contribution is 5.87. The summed E-state index contributed by atoms with van der Waals surface area (Å²) in [5.41, 5.74) is 11.5. The number of nitrogens with two attached hydrogens (primary N) is 1. The minimum atomic E-state index is 0.565. The summed E-state index contributed by atoms with van der Waals surface area (Å²) in [5.74, 6) is 1.68. The molecule has 0 aliphatic heterocycles. The second kappa shape index (κ2) is 5.84. The number of aromatic nitrogens is 2. The largest absolute Gasteiger partial charge is 0.397 e. The number of benzene rings is 2. The van der Waals surface area contributed by atoms with Crippen molar-refractivity contribution in [3.05, 3.63) is 59.4 Å². The Bertz CT molecular complexity index is 782. The van der Waals surface area contributed by atoms with Crippen molar-refractivity contribution in [2.24, 2.45) is 5.92 Å². The molecule has 0 fully saturated rings. The Morgan fingerprint density at radius 1 is 1.09 bits per heavy atom. The molecule has 3 rings (SSSR count). The molecule has 0 saturated heterocycles. The smallest absolute Gasteiger partial charge is 0.112 e. The first kappa shape index (κ1) is 14.6. The van der Waals surface area contributed by atoms with Crippen molar-refractivity contribution in [2.75, 3.05) is 5.73 Å². The van der Waals surface area contributed by atoms with Crippen LogP contribution in [-0.4, -0.2) is 9.55 Å². The van der Waals surface area contributed by atoms with Crippen LogP contribution in [0.4, 0.5) is 5.69 Å². The van der Waals surface area contributed by atoms with Crippen LogP contribution in [0.15, 0.2) is 42.5 Å². The molecule has 3 aromatic rings. The molecule has 0 unspecified atom stereocenters. The third-order valence-corrected chi connectivity index (χ3v) is 3.94. The minimum absolute atomic E-state index is 0.565. The van der Waals surface area contributed by atoms with E-state index in [1.807, 2.05) is 12.1 Å². The summed E-state index contributed by atoms with van der Waals surface area (Å²) in [6.07, 6.45) is 0.958. The number of aryl methyl sites for hydroxylation is 1. The van der Waals surface area contributed by atoms with Gasteiger partial charge in [0.1, 0.15) is 11.3 Å². The zero-order valence-corrected chi connectivity index (χ0v) is 13.5. The first-order valence-corrected chi connectivity index (χ1v) is 7.83. The average Bonchev–Trinajstić information content (AvgIpc) is 2.80. The third kappa shape index (κ3) is 2.84. The Hall–Kier alpha value is -2.29. The summed E-state index contributed by atoms with van der Waals surface area (Å²) in [4.78, 5) is 4.80. The predicted molar refractivity (Wildman–Crippen MR) is 93.0 cm³/mol. The van der Waals surface area contributed by atoms with Gasteiger partial charge in [0.25, 0.3) is 0 Å². The summed E-state index contributed by atoms with van der Waals surface area (Å²) in [5, 5.41) is 0. The van der Waals surface area contributed by atoms with Crippen LogP contribution in [0.1, 0.15) is 30.8 Å². The number of hydrogen-bond donors (Lipinski definition) is 1. The van der Waals surface area contributed by atoms with Crippen molar-refractivity contribution in [2.45, 2.75) is 33.7 Å². The maximum Gasteiger partial charge on any atom is 0.112 e. The van der Waals surface area contributed by atoms with Crippen molar-refractivity contribution < 1.29 is 0 Å². The Balaban J connectivity index is 2.08. The summed E-state index contributed by atoms with van der Waals surface area (Å²) in [7, 11) is 0. The van der Waals surface area contributed by atoms with Gasteiger partial charge in [0.05, 0.1) is 11.2 Å². The second-order valence-electron chi connectivity index (χ2n) is 6.41. The number of fused-ring (bicyclic) bond motifs is 1. The summed E-state index contributed by atoms with van der Waals surface area (Å²) >= 11 is 0. The van der Waals surface area contributed by atoms with Crippen LogP contribution >= 0.6 is 0 Å². The lowest BCUT2D eigenvalue weighted by Gasteiger charge is -2.11. The van der Waals surface area contributed by atoms with Gasteiger partial charge >= 0.3 is 0 Å². The molecule has 0 aliphatic carbocycles. The highest BCUT2D eigenvalue weighted by Gasteiger charge is 2.14. The van der Waals surface area contributed by atoms with Crippen LogP contribution in [0, 0.1) is 12.8 Å². The van der Waals surface area contributed by atoms with Gasteiger partial charge < -0.3 is 10.3 Å². The lowest BCUT2D eigenvalue weighted by atomic mass is 10.1. The molecule has 0 amide bonds. The van der Waals surface area contributed by atoms with Gasteiger partial charge in [0.2, 0.25) is 0 Å². The first-order valence-electron chi connectivity index (χ1n) is 7.83. The molecule has 0 atom stereocenters.